The summed E-state index contributed by atoms with van der Waals surface area (Å²) >= 11 is 8.08. The van der Waals surface area contributed by atoms with Crippen molar-refractivity contribution in [1.29, 1.82) is 0 Å². The second-order valence-electron chi connectivity index (χ2n) is 4.77. The first-order valence-electron chi connectivity index (χ1n) is 6.84. The second kappa shape index (κ2) is 7.59. The Morgan fingerprint density at radius 3 is 2.74 bits per heavy atom. The Kier molecular flexibility index (Phi) is 6.00. The van der Waals surface area contributed by atoms with Crippen LogP contribution in [0.5, 0.6) is 5.75 Å². The zero-order chi connectivity index (χ0) is 17.1. The Bertz CT molecular complexity index is 784. The van der Waals surface area contributed by atoms with Crippen LogP contribution in [0.25, 0.3) is 0 Å². The van der Waals surface area contributed by atoms with Crippen LogP contribution in [0.15, 0.2) is 26.1 Å². The molecular weight excluding hydrogens is 446 g/mol. The molecule has 0 aliphatic carbocycles. The molecule has 0 saturated heterocycles. The number of phenols is 1. The number of rotatable bonds is 4. The number of benzene rings is 1. The topological polar surface area (TPSA) is 58.9 Å². The van der Waals surface area contributed by atoms with Crippen molar-refractivity contribution < 1.29 is 14.6 Å². The van der Waals surface area contributed by atoms with E-state index in [0.717, 1.165) is 14.9 Å². The van der Waals surface area contributed by atoms with Crippen molar-refractivity contribution in [3.05, 3.63) is 42.6 Å². The third-order valence-electron chi connectivity index (χ3n) is 3.22. The normalized spacial score (nSPS) is 11.2. The van der Waals surface area contributed by atoms with Gasteiger partial charge in [0, 0.05) is 21.1 Å². The van der Waals surface area contributed by atoms with E-state index < -0.39 is 0 Å². The SMILES string of the molecule is CCOC(=O)c1c(N=Cc2cc(Br)cc(Br)c2O)sc(C)c1C. The maximum absolute atomic E-state index is 12.1. The monoisotopic (exact) mass is 459 g/mol. The van der Waals surface area contributed by atoms with Crippen molar-refractivity contribution in [2.75, 3.05) is 6.61 Å². The van der Waals surface area contributed by atoms with Gasteiger partial charge in [-0.2, -0.15) is 0 Å². The summed E-state index contributed by atoms with van der Waals surface area (Å²) in [4.78, 5) is 17.5. The lowest BCUT2D eigenvalue weighted by Crippen LogP contribution is -2.05. The molecule has 0 bridgehead atoms. The quantitative estimate of drug-likeness (QED) is 0.482. The third kappa shape index (κ3) is 4.02. The second-order valence-corrected chi connectivity index (χ2v) is 7.74. The lowest BCUT2D eigenvalue weighted by Gasteiger charge is -2.04. The van der Waals surface area contributed by atoms with Crippen molar-refractivity contribution in [3.63, 3.8) is 0 Å². The Morgan fingerprint density at radius 1 is 1.39 bits per heavy atom. The first-order chi connectivity index (χ1) is 10.8. The highest BCUT2D eigenvalue weighted by Gasteiger charge is 2.20. The summed E-state index contributed by atoms with van der Waals surface area (Å²) in [6.07, 6.45) is 1.54. The number of aromatic hydroxyl groups is 1. The molecule has 0 aliphatic rings. The van der Waals surface area contributed by atoms with Crippen LogP contribution in [-0.2, 0) is 4.74 Å². The van der Waals surface area contributed by atoms with Crippen LogP contribution in [0, 0.1) is 13.8 Å². The molecule has 122 valence electrons. The molecule has 0 fully saturated rings. The molecule has 0 aliphatic heterocycles. The number of nitrogens with zero attached hydrogens (tertiary/aromatic N) is 1. The molecule has 0 radical (unpaired) electrons. The number of ether oxygens (including phenoxy) is 1. The van der Waals surface area contributed by atoms with Gasteiger partial charge in [0.05, 0.1) is 16.6 Å². The van der Waals surface area contributed by atoms with Crippen LogP contribution in [0.2, 0.25) is 0 Å². The van der Waals surface area contributed by atoms with Gasteiger partial charge in [-0.15, -0.1) is 11.3 Å². The maximum Gasteiger partial charge on any atom is 0.341 e. The molecule has 1 heterocycles. The van der Waals surface area contributed by atoms with Crippen LogP contribution < -0.4 is 0 Å². The van der Waals surface area contributed by atoms with E-state index in [0.29, 0.717) is 27.2 Å². The molecule has 0 atom stereocenters. The largest absolute Gasteiger partial charge is 0.506 e. The number of carbonyl (C=O) groups excluding carboxylic acids is 1. The van der Waals surface area contributed by atoms with E-state index in [1.807, 2.05) is 13.8 Å². The van der Waals surface area contributed by atoms with E-state index in [-0.39, 0.29) is 11.7 Å². The van der Waals surface area contributed by atoms with Crippen LogP contribution in [-0.4, -0.2) is 23.9 Å². The summed E-state index contributed by atoms with van der Waals surface area (Å²) in [5, 5.41) is 10.7. The molecule has 1 aromatic heterocycles. The Balaban J connectivity index is 2.45. The average molecular weight is 461 g/mol. The molecule has 0 amide bonds. The van der Waals surface area contributed by atoms with Gasteiger partial charge in [0.1, 0.15) is 10.8 Å². The standard InChI is InChI=1S/C16H15Br2NO3S/c1-4-22-16(21)13-8(2)9(3)23-15(13)19-7-10-5-11(17)6-12(18)14(10)20/h5-7,20H,4H2,1-3H3. The minimum Gasteiger partial charge on any atom is -0.506 e. The summed E-state index contributed by atoms with van der Waals surface area (Å²) in [5.74, 6) is -0.277. The maximum atomic E-state index is 12.1. The zero-order valence-corrected chi connectivity index (χ0v) is 16.8. The summed E-state index contributed by atoms with van der Waals surface area (Å²) in [6.45, 7) is 5.90. The predicted octanol–water partition coefficient (Wildman–Crippen LogP) is 5.52. The molecule has 1 aromatic carbocycles. The molecule has 1 N–H and O–H groups in total. The number of aryl methyl sites for hydroxylation is 1. The van der Waals surface area contributed by atoms with E-state index in [1.54, 1.807) is 19.1 Å². The first kappa shape index (κ1) is 18.2. The predicted molar refractivity (Wildman–Crippen MR) is 101 cm³/mol. The number of carbonyl (C=O) groups is 1. The highest BCUT2D eigenvalue weighted by Crippen LogP contribution is 2.36. The van der Waals surface area contributed by atoms with E-state index in [4.69, 9.17) is 4.74 Å². The van der Waals surface area contributed by atoms with Crippen molar-refractivity contribution >= 4 is 60.4 Å². The Labute approximate surface area is 155 Å². The minimum absolute atomic E-state index is 0.0969. The van der Waals surface area contributed by atoms with Gasteiger partial charge in [-0.05, 0) is 54.4 Å². The third-order valence-corrected chi connectivity index (χ3v) is 5.40. The molecule has 0 saturated carbocycles. The Morgan fingerprint density at radius 2 is 2.09 bits per heavy atom. The fraction of sp³-hybridized carbons (Fsp3) is 0.250. The number of halogens is 2. The summed E-state index contributed by atoms with van der Waals surface area (Å²) < 4.78 is 6.49. The van der Waals surface area contributed by atoms with Gasteiger partial charge in [0.15, 0.2) is 0 Å². The fourth-order valence-electron chi connectivity index (χ4n) is 1.96. The number of thiophene rings is 1. The zero-order valence-electron chi connectivity index (χ0n) is 12.8. The minimum atomic E-state index is -0.374. The van der Waals surface area contributed by atoms with E-state index in [2.05, 4.69) is 36.9 Å². The van der Waals surface area contributed by atoms with Gasteiger partial charge in [-0.25, -0.2) is 9.79 Å². The molecule has 4 nitrogen and oxygen atoms in total. The molecule has 23 heavy (non-hydrogen) atoms. The Hall–Kier alpha value is -1.18. The van der Waals surface area contributed by atoms with Crippen molar-refractivity contribution in [2.45, 2.75) is 20.8 Å². The van der Waals surface area contributed by atoms with E-state index >= 15 is 0 Å². The van der Waals surface area contributed by atoms with Gasteiger partial charge < -0.3 is 9.84 Å². The highest BCUT2D eigenvalue weighted by atomic mass is 79.9. The fourth-order valence-corrected chi connectivity index (χ4v) is 4.20. The summed E-state index contributed by atoms with van der Waals surface area (Å²) in [5.41, 5.74) is 1.91. The van der Waals surface area contributed by atoms with Crippen molar-refractivity contribution in [2.24, 2.45) is 4.99 Å². The average Bonchev–Trinajstić information content (AvgIpc) is 2.76. The van der Waals surface area contributed by atoms with Crippen molar-refractivity contribution in [3.8, 4) is 5.75 Å². The summed E-state index contributed by atoms with van der Waals surface area (Å²) in [7, 11) is 0. The van der Waals surface area contributed by atoms with E-state index in [1.165, 1.54) is 17.6 Å². The number of aliphatic imine (C=N–C) groups is 1. The van der Waals surface area contributed by atoms with Crippen LogP contribution in [0.3, 0.4) is 0 Å². The smallest absolute Gasteiger partial charge is 0.341 e. The summed E-state index contributed by atoms with van der Waals surface area (Å²) in [6, 6.07) is 3.50. The molecule has 0 unspecified atom stereocenters. The van der Waals surface area contributed by atoms with Crippen molar-refractivity contribution in [1.82, 2.24) is 0 Å². The van der Waals surface area contributed by atoms with Gasteiger partial charge in [-0.3, -0.25) is 0 Å². The van der Waals surface area contributed by atoms with Gasteiger partial charge in [0.25, 0.3) is 0 Å². The first-order valence-corrected chi connectivity index (χ1v) is 9.24. The van der Waals surface area contributed by atoms with Crippen LogP contribution >= 0.6 is 43.2 Å². The number of phenolic OH excluding ortho intramolecular Hbond substituents is 1. The molecule has 2 aromatic rings. The highest BCUT2D eigenvalue weighted by molar-refractivity contribution is 9.11. The molecule has 2 rings (SSSR count). The number of hydrogen-bond donors (Lipinski definition) is 1. The number of hydrogen-bond acceptors (Lipinski definition) is 5. The lowest BCUT2D eigenvalue weighted by molar-refractivity contribution is 0.0527. The van der Waals surface area contributed by atoms with Crippen LogP contribution in [0.1, 0.15) is 33.3 Å². The van der Waals surface area contributed by atoms with Crippen LogP contribution in [0.4, 0.5) is 5.00 Å². The number of esters is 1. The molecule has 0 spiro atoms. The van der Waals surface area contributed by atoms with Gasteiger partial charge >= 0.3 is 5.97 Å². The van der Waals surface area contributed by atoms with Gasteiger partial charge in [0.2, 0.25) is 0 Å². The molecular formula is C16H15Br2NO3S. The van der Waals surface area contributed by atoms with Gasteiger partial charge in [-0.1, -0.05) is 15.9 Å². The molecule has 7 heteroatoms. The van der Waals surface area contributed by atoms with E-state index in [9.17, 15) is 9.90 Å². The lowest BCUT2D eigenvalue weighted by atomic mass is 10.1.